The zero-order valence-electron chi connectivity index (χ0n) is 11.0. The average molecular weight is 281 g/mol. The average Bonchev–Trinajstić information content (AvgIpc) is 2.94. The summed E-state index contributed by atoms with van der Waals surface area (Å²) in [6.45, 7) is 2.13. The van der Waals surface area contributed by atoms with Gasteiger partial charge in [0.25, 0.3) is 0 Å². The molecule has 8 heteroatoms. The third kappa shape index (κ3) is 2.95. The Bertz CT molecular complexity index is 577. The number of hydrogen-bond acceptors (Lipinski definition) is 6. The molecule has 102 valence electrons. The molecular weight excluding hydrogens is 266 g/mol. The fourth-order valence-electron chi connectivity index (χ4n) is 1.55. The van der Waals surface area contributed by atoms with Crippen LogP contribution in [0.2, 0.25) is 0 Å². The molecule has 0 aliphatic carbocycles. The quantitative estimate of drug-likeness (QED) is 0.601. The fourth-order valence-corrected chi connectivity index (χ4v) is 2.51. The van der Waals surface area contributed by atoms with Gasteiger partial charge in [-0.05, 0) is 6.92 Å². The van der Waals surface area contributed by atoms with Gasteiger partial charge in [0.05, 0.1) is 18.5 Å². The molecule has 0 aliphatic heterocycles. The number of aryl methyl sites for hydroxylation is 2. The third-order valence-electron chi connectivity index (χ3n) is 2.56. The highest BCUT2D eigenvalue weighted by molar-refractivity contribution is 7.98. The van der Waals surface area contributed by atoms with Crippen LogP contribution in [0.1, 0.15) is 23.0 Å². The summed E-state index contributed by atoms with van der Waals surface area (Å²) in [4.78, 5) is 11.8. The van der Waals surface area contributed by atoms with Crippen molar-refractivity contribution in [1.82, 2.24) is 24.5 Å². The van der Waals surface area contributed by atoms with E-state index in [0.717, 1.165) is 10.9 Å². The number of thioether (sulfide) groups is 1. The standard InChI is InChI=1S/C11H15N5O2S/c1-4-18-10(17)8-5-13-16(3)9(8)6-19-11-14-12-7-15(11)2/h5,7H,4,6H2,1-3H3. The Morgan fingerprint density at radius 1 is 1.47 bits per heavy atom. The number of esters is 1. The summed E-state index contributed by atoms with van der Waals surface area (Å²) in [6, 6.07) is 0. The van der Waals surface area contributed by atoms with Crippen molar-refractivity contribution in [1.29, 1.82) is 0 Å². The molecule has 0 unspecified atom stereocenters. The number of aromatic nitrogens is 5. The van der Waals surface area contributed by atoms with Gasteiger partial charge in [0, 0.05) is 19.8 Å². The summed E-state index contributed by atoms with van der Waals surface area (Å²) in [7, 11) is 3.67. The van der Waals surface area contributed by atoms with Crippen molar-refractivity contribution in [3.63, 3.8) is 0 Å². The summed E-state index contributed by atoms with van der Waals surface area (Å²) in [5.41, 5.74) is 1.31. The van der Waals surface area contributed by atoms with E-state index < -0.39 is 0 Å². The summed E-state index contributed by atoms with van der Waals surface area (Å²) in [5.74, 6) is 0.237. The Balaban J connectivity index is 2.13. The molecule has 19 heavy (non-hydrogen) atoms. The molecule has 0 spiro atoms. The van der Waals surface area contributed by atoms with Gasteiger partial charge in [0.2, 0.25) is 0 Å². The Kier molecular flexibility index (Phi) is 4.20. The maximum absolute atomic E-state index is 11.8. The number of ether oxygens (including phenoxy) is 1. The normalized spacial score (nSPS) is 10.7. The Morgan fingerprint density at radius 3 is 2.89 bits per heavy atom. The summed E-state index contributed by atoms with van der Waals surface area (Å²) < 4.78 is 8.51. The van der Waals surface area contributed by atoms with Crippen molar-refractivity contribution < 1.29 is 9.53 Å². The van der Waals surface area contributed by atoms with Gasteiger partial charge in [-0.2, -0.15) is 5.10 Å². The molecular formula is C11H15N5O2S. The molecule has 0 aromatic carbocycles. The monoisotopic (exact) mass is 281 g/mol. The molecule has 0 fully saturated rings. The van der Waals surface area contributed by atoms with Crippen LogP contribution in [0.15, 0.2) is 17.7 Å². The highest BCUT2D eigenvalue weighted by Crippen LogP contribution is 2.22. The Hall–Kier alpha value is -1.83. The molecule has 2 rings (SSSR count). The van der Waals surface area contributed by atoms with E-state index in [0.29, 0.717) is 17.9 Å². The largest absolute Gasteiger partial charge is 0.462 e. The first-order valence-electron chi connectivity index (χ1n) is 5.78. The minimum Gasteiger partial charge on any atom is -0.462 e. The summed E-state index contributed by atoms with van der Waals surface area (Å²) in [5, 5.41) is 12.7. The van der Waals surface area contributed by atoms with Crippen molar-refractivity contribution in [2.75, 3.05) is 6.61 Å². The highest BCUT2D eigenvalue weighted by Gasteiger charge is 2.17. The van der Waals surface area contributed by atoms with E-state index >= 15 is 0 Å². The smallest absolute Gasteiger partial charge is 0.341 e. The molecule has 0 aliphatic rings. The molecule has 7 nitrogen and oxygen atoms in total. The second-order valence-corrected chi connectivity index (χ2v) is 4.80. The maximum Gasteiger partial charge on any atom is 0.341 e. The van der Waals surface area contributed by atoms with Crippen molar-refractivity contribution in [2.45, 2.75) is 17.8 Å². The first-order chi connectivity index (χ1) is 9.13. The lowest BCUT2D eigenvalue weighted by Crippen LogP contribution is -2.08. The number of rotatable bonds is 5. The second-order valence-electron chi connectivity index (χ2n) is 3.86. The summed E-state index contributed by atoms with van der Waals surface area (Å²) in [6.07, 6.45) is 3.17. The van der Waals surface area contributed by atoms with Crippen LogP contribution in [-0.4, -0.2) is 37.1 Å². The zero-order chi connectivity index (χ0) is 13.8. The minimum absolute atomic E-state index is 0.343. The lowest BCUT2D eigenvalue weighted by molar-refractivity contribution is 0.0525. The number of carbonyl (C=O) groups is 1. The van der Waals surface area contributed by atoms with Gasteiger partial charge in [0.15, 0.2) is 5.16 Å². The number of hydrogen-bond donors (Lipinski definition) is 0. The predicted molar refractivity (Wildman–Crippen MR) is 69.7 cm³/mol. The molecule has 2 aromatic rings. The van der Waals surface area contributed by atoms with E-state index in [-0.39, 0.29) is 5.97 Å². The molecule has 0 N–H and O–H groups in total. The molecule has 0 saturated carbocycles. The van der Waals surface area contributed by atoms with Crippen LogP contribution >= 0.6 is 11.8 Å². The predicted octanol–water partition coefficient (Wildman–Crippen LogP) is 1.02. The molecule has 0 saturated heterocycles. The second kappa shape index (κ2) is 5.87. The van der Waals surface area contributed by atoms with Gasteiger partial charge in [-0.3, -0.25) is 4.68 Å². The highest BCUT2D eigenvalue weighted by atomic mass is 32.2. The van der Waals surface area contributed by atoms with Crippen LogP contribution < -0.4 is 0 Å². The lowest BCUT2D eigenvalue weighted by Gasteiger charge is -2.05. The first-order valence-corrected chi connectivity index (χ1v) is 6.76. The van der Waals surface area contributed by atoms with Crippen molar-refractivity contribution in [3.05, 3.63) is 23.8 Å². The van der Waals surface area contributed by atoms with Gasteiger partial charge in [-0.25, -0.2) is 4.79 Å². The SMILES string of the molecule is CCOC(=O)c1cnn(C)c1CSc1nncn1C. The molecule has 2 aromatic heterocycles. The molecule has 0 atom stereocenters. The summed E-state index contributed by atoms with van der Waals surface area (Å²) >= 11 is 1.50. The third-order valence-corrected chi connectivity index (χ3v) is 3.61. The van der Waals surface area contributed by atoms with Crippen LogP contribution in [0, 0.1) is 0 Å². The first kappa shape index (κ1) is 13.6. The van der Waals surface area contributed by atoms with Crippen LogP contribution in [0.5, 0.6) is 0 Å². The van der Waals surface area contributed by atoms with E-state index in [9.17, 15) is 4.79 Å². The van der Waals surface area contributed by atoms with Gasteiger partial charge >= 0.3 is 5.97 Å². The van der Waals surface area contributed by atoms with Gasteiger partial charge in [0.1, 0.15) is 11.9 Å². The van der Waals surface area contributed by atoms with Gasteiger partial charge in [-0.1, -0.05) is 11.8 Å². The fraction of sp³-hybridized carbons (Fsp3) is 0.455. The van der Waals surface area contributed by atoms with Gasteiger partial charge < -0.3 is 9.30 Å². The van der Waals surface area contributed by atoms with E-state index in [4.69, 9.17) is 4.74 Å². The van der Waals surface area contributed by atoms with Gasteiger partial charge in [-0.15, -0.1) is 10.2 Å². The van der Waals surface area contributed by atoms with E-state index in [1.54, 1.807) is 25.0 Å². The minimum atomic E-state index is -0.343. The molecule has 0 amide bonds. The Morgan fingerprint density at radius 2 is 2.26 bits per heavy atom. The van der Waals surface area contributed by atoms with Crippen LogP contribution in [0.4, 0.5) is 0 Å². The number of nitrogens with zero attached hydrogens (tertiary/aromatic N) is 5. The van der Waals surface area contributed by atoms with E-state index in [1.165, 1.54) is 18.0 Å². The van der Waals surface area contributed by atoms with Crippen LogP contribution in [0.25, 0.3) is 0 Å². The zero-order valence-corrected chi connectivity index (χ0v) is 11.8. The van der Waals surface area contributed by atoms with E-state index in [2.05, 4.69) is 15.3 Å². The van der Waals surface area contributed by atoms with Crippen molar-refractivity contribution >= 4 is 17.7 Å². The molecule has 2 heterocycles. The lowest BCUT2D eigenvalue weighted by atomic mass is 10.3. The number of carbonyl (C=O) groups excluding carboxylic acids is 1. The molecule has 0 radical (unpaired) electrons. The van der Waals surface area contributed by atoms with Crippen LogP contribution in [-0.2, 0) is 24.6 Å². The van der Waals surface area contributed by atoms with E-state index in [1.807, 2.05) is 11.6 Å². The Labute approximate surface area is 115 Å². The maximum atomic E-state index is 11.8. The topological polar surface area (TPSA) is 74.8 Å². The van der Waals surface area contributed by atoms with Crippen molar-refractivity contribution in [3.8, 4) is 0 Å². The molecule has 0 bridgehead atoms. The van der Waals surface area contributed by atoms with Crippen molar-refractivity contribution in [2.24, 2.45) is 14.1 Å². The van der Waals surface area contributed by atoms with Crippen LogP contribution in [0.3, 0.4) is 0 Å².